The van der Waals surface area contributed by atoms with E-state index in [1.54, 1.807) is 37.6 Å². The third-order valence-corrected chi connectivity index (χ3v) is 6.26. The number of rotatable bonds is 12. The maximum Gasteiger partial charge on any atom is 0.573 e. The van der Waals surface area contributed by atoms with E-state index in [9.17, 15) is 22.8 Å². The summed E-state index contributed by atoms with van der Waals surface area (Å²) in [6.45, 7) is 0.470. The fourth-order valence-corrected chi connectivity index (χ4v) is 4.18. The number of Topliss-reactive ketones (excluding diaryl/α,β-unsaturated/α-hetero) is 1. The number of alkyl halides is 3. The maximum atomic E-state index is 12.4. The number of carbonyl (C=O) groups is 2. The lowest BCUT2D eigenvalue weighted by molar-refractivity contribution is -0.274. The predicted molar refractivity (Wildman–Crippen MR) is 148 cm³/mol. The van der Waals surface area contributed by atoms with Crippen LogP contribution < -0.4 is 14.8 Å². The van der Waals surface area contributed by atoms with E-state index >= 15 is 0 Å². The lowest BCUT2D eigenvalue weighted by Crippen LogP contribution is -2.16. The number of pyridine rings is 1. The van der Waals surface area contributed by atoms with E-state index in [4.69, 9.17) is 9.84 Å². The van der Waals surface area contributed by atoms with Gasteiger partial charge in [0.2, 0.25) is 0 Å². The van der Waals surface area contributed by atoms with E-state index in [0.29, 0.717) is 12.3 Å². The molecule has 0 aliphatic rings. The Morgan fingerprint density at radius 1 is 0.854 bits per heavy atom. The number of benzene rings is 3. The number of aliphatic carboxylic acids is 1. The summed E-state index contributed by atoms with van der Waals surface area (Å²) in [5, 5.41) is 12.1. The molecule has 0 unspecified atom stereocenters. The molecule has 3 aromatic carbocycles. The summed E-state index contributed by atoms with van der Waals surface area (Å²) in [4.78, 5) is 27.3. The van der Waals surface area contributed by atoms with Crippen molar-refractivity contribution >= 4 is 17.4 Å². The van der Waals surface area contributed by atoms with Crippen molar-refractivity contribution in [1.82, 2.24) is 4.98 Å². The van der Waals surface area contributed by atoms with Crippen LogP contribution in [0.25, 0.3) is 22.3 Å². The van der Waals surface area contributed by atoms with Gasteiger partial charge in [0, 0.05) is 36.8 Å². The average Bonchev–Trinajstić information content (AvgIpc) is 2.96. The van der Waals surface area contributed by atoms with Crippen LogP contribution in [0.4, 0.5) is 18.9 Å². The molecule has 0 spiro atoms. The lowest BCUT2D eigenvalue weighted by Gasteiger charge is -2.14. The molecule has 0 aliphatic heterocycles. The zero-order valence-electron chi connectivity index (χ0n) is 22.1. The summed E-state index contributed by atoms with van der Waals surface area (Å²) in [6.07, 6.45) is -2.82. The van der Waals surface area contributed by atoms with E-state index in [0.717, 1.165) is 33.5 Å². The molecule has 4 rings (SSSR count). The molecule has 0 atom stereocenters. The highest BCUT2D eigenvalue weighted by molar-refractivity contribution is 5.94. The summed E-state index contributed by atoms with van der Waals surface area (Å²) < 4.78 is 46.5. The van der Waals surface area contributed by atoms with Crippen LogP contribution in [-0.4, -0.2) is 35.3 Å². The molecule has 0 bridgehead atoms. The number of hydrogen-bond acceptors (Lipinski definition) is 6. The standard InChI is InChI=1S/C31H27F3N2O5/c1-40-26-15-9-22(27(17-26)23-10-16-28(36-19-23)29(37)3-2-4-30(38)39)18-35-24-11-5-20(6-12-24)21-7-13-25(14-8-21)41-31(32,33)34/h5-17,19,35H,2-4,18H2,1H3,(H,38,39). The number of carboxylic acid groups (broad SMARTS) is 1. The van der Waals surface area contributed by atoms with Gasteiger partial charge in [-0.1, -0.05) is 36.4 Å². The smallest absolute Gasteiger partial charge is 0.497 e. The van der Waals surface area contributed by atoms with Crippen LogP contribution in [0.2, 0.25) is 0 Å². The van der Waals surface area contributed by atoms with Crippen molar-refractivity contribution in [3.05, 3.63) is 96.3 Å². The van der Waals surface area contributed by atoms with Gasteiger partial charge in [-0.2, -0.15) is 0 Å². The van der Waals surface area contributed by atoms with Crippen LogP contribution >= 0.6 is 0 Å². The van der Waals surface area contributed by atoms with Crippen LogP contribution in [0, 0.1) is 0 Å². The molecule has 2 N–H and O–H groups in total. The van der Waals surface area contributed by atoms with Crippen molar-refractivity contribution in [3.8, 4) is 33.8 Å². The molecule has 0 radical (unpaired) electrons. The molecule has 10 heteroatoms. The summed E-state index contributed by atoms with van der Waals surface area (Å²) in [7, 11) is 1.58. The zero-order valence-corrected chi connectivity index (χ0v) is 22.1. The highest BCUT2D eigenvalue weighted by Gasteiger charge is 2.31. The molecule has 1 aromatic heterocycles. The number of carbonyl (C=O) groups excluding carboxylic acids is 1. The Labute approximate surface area is 234 Å². The first-order valence-corrected chi connectivity index (χ1v) is 12.7. The van der Waals surface area contributed by atoms with E-state index in [1.165, 1.54) is 12.1 Å². The first kappa shape index (κ1) is 29.1. The molecule has 1 heterocycles. The molecule has 0 amide bonds. The molecule has 0 saturated carbocycles. The van der Waals surface area contributed by atoms with E-state index in [-0.39, 0.29) is 36.5 Å². The Kier molecular flexibility index (Phi) is 9.23. The summed E-state index contributed by atoms with van der Waals surface area (Å²) in [6, 6.07) is 22.3. The van der Waals surface area contributed by atoms with Crippen molar-refractivity contribution in [2.75, 3.05) is 12.4 Å². The van der Waals surface area contributed by atoms with Gasteiger partial charge in [0.15, 0.2) is 5.78 Å². The van der Waals surface area contributed by atoms with Crippen molar-refractivity contribution in [2.45, 2.75) is 32.2 Å². The largest absolute Gasteiger partial charge is 0.573 e. The normalized spacial score (nSPS) is 11.1. The number of ketones is 1. The zero-order chi connectivity index (χ0) is 29.4. The van der Waals surface area contributed by atoms with Gasteiger partial charge in [-0.25, -0.2) is 0 Å². The molecule has 7 nitrogen and oxygen atoms in total. The summed E-state index contributed by atoms with van der Waals surface area (Å²) in [5.74, 6) is -0.765. The number of carboxylic acids is 1. The van der Waals surface area contributed by atoms with Crippen LogP contribution in [0.15, 0.2) is 85.1 Å². The van der Waals surface area contributed by atoms with Crippen molar-refractivity contribution in [3.63, 3.8) is 0 Å². The summed E-state index contributed by atoms with van der Waals surface area (Å²) >= 11 is 0. The fourth-order valence-electron chi connectivity index (χ4n) is 4.18. The number of aromatic nitrogens is 1. The van der Waals surface area contributed by atoms with Gasteiger partial charge < -0.3 is 19.9 Å². The number of methoxy groups -OCH3 is 1. The number of nitrogens with zero attached hydrogens (tertiary/aromatic N) is 1. The van der Waals surface area contributed by atoms with E-state index in [2.05, 4.69) is 15.0 Å². The van der Waals surface area contributed by atoms with Gasteiger partial charge in [-0.05, 0) is 71.1 Å². The van der Waals surface area contributed by atoms with Gasteiger partial charge in [-0.15, -0.1) is 13.2 Å². The minimum atomic E-state index is -4.73. The topological polar surface area (TPSA) is 97.8 Å². The van der Waals surface area contributed by atoms with Crippen molar-refractivity contribution < 1.29 is 37.3 Å². The van der Waals surface area contributed by atoms with Gasteiger partial charge in [-0.3, -0.25) is 14.6 Å². The summed E-state index contributed by atoms with van der Waals surface area (Å²) in [5.41, 5.74) is 5.32. The molecule has 0 saturated heterocycles. The SMILES string of the molecule is COc1ccc(CNc2ccc(-c3ccc(OC(F)(F)F)cc3)cc2)c(-c2ccc(C(=O)CCCC(=O)O)nc2)c1. The van der Waals surface area contributed by atoms with E-state index in [1.807, 2.05) is 42.5 Å². The second-order valence-electron chi connectivity index (χ2n) is 9.13. The molecule has 212 valence electrons. The quantitative estimate of drug-likeness (QED) is 0.173. The predicted octanol–water partition coefficient (Wildman–Crippen LogP) is 7.37. The number of anilines is 1. The van der Waals surface area contributed by atoms with Gasteiger partial charge in [0.05, 0.1) is 7.11 Å². The van der Waals surface area contributed by atoms with Crippen LogP contribution in [0.3, 0.4) is 0 Å². The highest BCUT2D eigenvalue weighted by atomic mass is 19.4. The molecular formula is C31H27F3N2O5. The van der Waals surface area contributed by atoms with E-state index < -0.39 is 12.3 Å². The number of ether oxygens (including phenoxy) is 2. The third kappa shape index (κ3) is 8.31. The van der Waals surface area contributed by atoms with Crippen molar-refractivity contribution in [1.29, 1.82) is 0 Å². The number of nitrogens with one attached hydrogen (secondary N) is 1. The van der Waals surface area contributed by atoms with Crippen LogP contribution in [-0.2, 0) is 11.3 Å². The van der Waals surface area contributed by atoms with Crippen molar-refractivity contribution in [2.24, 2.45) is 0 Å². The first-order valence-electron chi connectivity index (χ1n) is 12.7. The average molecular weight is 565 g/mol. The molecule has 0 aliphatic carbocycles. The Morgan fingerprint density at radius 2 is 1.49 bits per heavy atom. The third-order valence-electron chi connectivity index (χ3n) is 6.26. The minimum Gasteiger partial charge on any atom is -0.497 e. The Bertz CT molecular complexity index is 1490. The minimum absolute atomic E-state index is 0.0688. The molecule has 41 heavy (non-hydrogen) atoms. The molecule has 0 fully saturated rings. The van der Waals surface area contributed by atoms with Gasteiger partial charge in [0.1, 0.15) is 17.2 Å². The maximum absolute atomic E-state index is 12.4. The molecular weight excluding hydrogens is 537 g/mol. The number of halogens is 3. The Morgan fingerprint density at radius 3 is 2.07 bits per heavy atom. The van der Waals surface area contributed by atoms with Crippen LogP contribution in [0.5, 0.6) is 11.5 Å². The molecule has 4 aromatic rings. The van der Waals surface area contributed by atoms with Crippen LogP contribution in [0.1, 0.15) is 35.3 Å². The fraction of sp³-hybridized carbons (Fsp3) is 0.194. The lowest BCUT2D eigenvalue weighted by atomic mass is 9.99. The second kappa shape index (κ2) is 13.0. The highest BCUT2D eigenvalue weighted by Crippen LogP contribution is 2.30. The second-order valence-corrected chi connectivity index (χ2v) is 9.13. The Hall–Kier alpha value is -4.86. The first-order chi connectivity index (χ1) is 19.6. The van der Waals surface area contributed by atoms with Gasteiger partial charge >= 0.3 is 12.3 Å². The monoisotopic (exact) mass is 564 g/mol. The van der Waals surface area contributed by atoms with Gasteiger partial charge in [0.25, 0.3) is 0 Å². The number of hydrogen-bond donors (Lipinski definition) is 2. The Balaban J connectivity index is 1.44.